The summed E-state index contributed by atoms with van der Waals surface area (Å²) in [5.74, 6) is -0.0766. The average molecular weight is 430 g/mol. The van der Waals surface area contributed by atoms with Crippen LogP contribution in [0.15, 0.2) is 60.9 Å². The monoisotopic (exact) mass is 430 g/mol. The average Bonchev–Trinajstić information content (AvgIpc) is 3.27. The van der Waals surface area contributed by atoms with Crippen LogP contribution in [0.25, 0.3) is 0 Å². The number of amides is 1. The van der Waals surface area contributed by atoms with Crippen LogP contribution in [0.1, 0.15) is 28.6 Å². The van der Waals surface area contributed by atoms with Gasteiger partial charge in [0, 0.05) is 31.1 Å². The van der Waals surface area contributed by atoms with Gasteiger partial charge in [-0.25, -0.2) is 0 Å². The molecule has 1 amide bonds. The van der Waals surface area contributed by atoms with Crippen molar-refractivity contribution in [3.8, 4) is 0 Å². The van der Waals surface area contributed by atoms with Crippen molar-refractivity contribution < 1.29 is 22.7 Å². The molecule has 1 fully saturated rings. The predicted molar refractivity (Wildman–Crippen MR) is 106 cm³/mol. The molecule has 1 saturated heterocycles. The summed E-state index contributed by atoms with van der Waals surface area (Å²) in [4.78, 5) is 18.8. The quantitative estimate of drug-likeness (QED) is 0.622. The number of carbonyl (C=O) groups excluding carboxylic acids is 1. The number of hydrogen-bond acceptors (Lipinski definition) is 4. The van der Waals surface area contributed by atoms with Crippen molar-refractivity contribution in [1.29, 1.82) is 0 Å². The van der Waals surface area contributed by atoms with Gasteiger partial charge in [0.2, 0.25) is 5.91 Å². The molecule has 1 aliphatic heterocycles. The van der Waals surface area contributed by atoms with Gasteiger partial charge in [0.05, 0.1) is 24.4 Å². The van der Waals surface area contributed by atoms with Crippen molar-refractivity contribution in [2.24, 2.45) is 0 Å². The number of hydrogen-bond donors (Lipinski definition) is 0. The molecular formula is C22H21F3N4O2. The highest BCUT2D eigenvalue weighted by atomic mass is 19.4. The molecule has 0 radical (unpaired) electrons. The number of rotatable bonds is 5. The lowest BCUT2D eigenvalue weighted by atomic mass is 10.0. The highest BCUT2D eigenvalue weighted by molar-refractivity contribution is 5.76. The first kappa shape index (κ1) is 21.0. The molecule has 162 valence electrons. The Morgan fingerprint density at radius 2 is 1.97 bits per heavy atom. The van der Waals surface area contributed by atoms with E-state index in [1.807, 2.05) is 0 Å². The highest BCUT2D eigenvalue weighted by Gasteiger charge is 2.33. The first-order valence-corrected chi connectivity index (χ1v) is 9.88. The van der Waals surface area contributed by atoms with Crippen molar-refractivity contribution in [1.82, 2.24) is 19.7 Å². The molecule has 1 atom stereocenters. The number of ether oxygens (including phenoxy) is 1. The van der Waals surface area contributed by atoms with E-state index in [1.54, 1.807) is 52.3 Å². The smallest absolute Gasteiger partial charge is 0.368 e. The number of aromatic nitrogens is 3. The van der Waals surface area contributed by atoms with Gasteiger partial charge in [-0.3, -0.25) is 14.5 Å². The first-order valence-electron chi connectivity index (χ1n) is 9.88. The summed E-state index contributed by atoms with van der Waals surface area (Å²) in [7, 11) is 0. The molecule has 1 aromatic carbocycles. The lowest BCUT2D eigenvalue weighted by Gasteiger charge is -2.32. The zero-order chi connectivity index (χ0) is 21.8. The molecule has 4 rings (SSSR count). The van der Waals surface area contributed by atoms with E-state index in [0.717, 1.165) is 6.07 Å². The highest BCUT2D eigenvalue weighted by Crippen LogP contribution is 2.33. The van der Waals surface area contributed by atoms with Gasteiger partial charge in [-0.1, -0.05) is 24.3 Å². The maximum absolute atomic E-state index is 13.3. The summed E-state index contributed by atoms with van der Waals surface area (Å²) >= 11 is 0. The minimum Gasteiger partial charge on any atom is -0.368 e. The fourth-order valence-electron chi connectivity index (χ4n) is 3.61. The third-order valence-electron chi connectivity index (χ3n) is 5.13. The summed E-state index contributed by atoms with van der Waals surface area (Å²) in [6.45, 7) is 1.30. The maximum Gasteiger partial charge on any atom is 0.416 e. The summed E-state index contributed by atoms with van der Waals surface area (Å²) in [6.07, 6.45) is -1.47. The molecule has 3 aromatic rings. The van der Waals surface area contributed by atoms with Crippen LogP contribution < -0.4 is 0 Å². The van der Waals surface area contributed by atoms with E-state index in [2.05, 4.69) is 10.1 Å². The fraction of sp³-hybridized carbons (Fsp3) is 0.318. The molecule has 9 heteroatoms. The number of carbonyl (C=O) groups is 1. The Morgan fingerprint density at radius 1 is 1.13 bits per heavy atom. The van der Waals surface area contributed by atoms with Crippen LogP contribution in [0.5, 0.6) is 0 Å². The Balaban J connectivity index is 1.48. The molecule has 0 saturated carbocycles. The van der Waals surface area contributed by atoms with Crippen molar-refractivity contribution in [2.75, 3.05) is 19.7 Å². The SMILES string of the molecule is O=C(Cn1cccn1)N1CCOC(c2cccc(Cc3ccccc3C(F)(F)F)n2)C1. The number of alkyl halides is 3. The fourth-order valence-corrected chi connectivity index (χ4v) is 3.61. The van der Waals surface area contributed by atoms with Crippen LogP contribution in [0.4, 0.5) is 13.2 Å². The summed E-state index contributed by atoms with van der Waals surface area (Å²) in [5, 5.41) is 4.05. The van der Waals surface area contributed by atoms with Gasteiger partial charge in [-0.2, -0.15) is 18.3 Å². The van der Waals surface area contributed by atoms with Gasteiger partial charge >= 0.3 is 6.18 Å². The summed E-state index contributed by atoms with van der Waals surface area (Å²) in [5.41, 5.74) is 0.614. The van der Waals surface area contributed by atoms with Gasteiger partial charge in [-0.05, 0) is 29.8 Å². The van der Waals surface area contributed by atoms with Crippen molar-refractivity contribution in [2.45, 2.75) is 25.2 Å². The number of morpholine rings is 1. The van der Waals surface area contributed by atoms with Crippen molar-refractivity contribution in [3.63, 3.8) is 0 Å². The van der Waals surface area contributed by atoms with E-state index in [4.69, 9.17) is 4.74 Å². The van der Waals surface area contributed by atoms with Crippen LogP contribution in [0.3, 0.4) is 0 Å². The molecule has 2 aromatic heterocycles. The van der Waals surface area contributed by atoms with Gasteiger partial charge in [-0.15, -0.1) is 0 Å². The molecule has 3 heterocycles. The molecular weight excluding hydrogens is 409 g/mol. The second-order valence-corrected chi connectivity index (χ2v) is 7.29. The summed E-state index contributed by atoms with van der Waals surface area (Å²) < 4.78 is 47.2. The molecule has 1 aliphatic rings. The third kappa shape index (κ3) is 5.11. The molecule has 6 nitrogen and oxygen atoms in total. The van der Waals surface area contributed by atoms with Crippen LogP contribution in [-0.4, -0.2) is 45.3 Å². The number of pyridine rings is 1. The lowest BCUT2D eigenvalue weighted by molar-refractivity contribution is -0.140. The number of benzene rings is 1. The van der Waals surface area contributed by atoms with Crippen molar-refractivity contribution >= 4 is 5.91 Å². The Bertz CT molecular complexity index is 1040. The van der Waals surface area contributed by atoms with E-state index in [-0.39, 0.29) is 24.4 Å². The largest absolute Gasteiger partial charge is 0.416 e. The molecule has 0 aliphatic carbocycles. The Morgan fingerprint density at radius 3 is 2.74 bits per heavy atom. The molecule has 31 heavy (non-hydrogen) atoms. The first-order chi connectivity index (χ1) is 14.9. The minimum absolute atomic E-state index is 0.0538. The molecule has 0 spiro atoms. The van der Waals surface area contributed by atoms with Gasteiger partial charge in [0.25, 0.3) is 0 Å². The normalized spacial score (nSPS) is 17.0. The molecule has 0 N–H and O–H groups in total. The predicted octanol–water partition coefficient (Wildman–Crippen LogP) is 3.49. The zero-order valence-electron chi connectivity index (χ0n) is 16.6. The van der Waals surface area contributed by atoms with Crippen molar-refractivity contribution in [3.05, 3.63) is 83.4 Å². The molecule has 0 bridgehead atoms. The Labute approximate surface area is 177 Å². The Kier molecular flexibility index (Phi) is 6.03. The third-order valence-corrected chi connectivity index (χ3v) is 5.13. The second kappa shape index (κ2) is 8.89. The summed E-state index contributed by atoms with van der Waals surface area (Å²) in [6, 6.07) is 12.5. The second-order valence-electron chi connectivity index (χ2n) is 7.29. The number of halogens is 3. The maximum atomic E-state index is 13.3. The van der Waals surface area contributed by atoms with E-state index < -0.39 is 17.8 Å². The van der Waals surface area contributed by atoms with Crippen LogP contribution in [-0.2, 0) is 28.7 Å². The van der Waals surface area contributed by atoms with E-state index in [9.17, 15) is 18.0 Å². The minimum atomic E-state index is -4.42. The van der Waals surface area contributed by atoms with Gasteiger partial charge in [0.1, 0.15) is 12.6 Å². The lowest BCUT2D eigenvalue weighted by Crippen LogP contribution is -2.43. The molecule has 1 unspecified atom stereocenters. The van der Waals surface area contributed by atoms with Crippen LogP contribution >= 0.6 is 0 Å². The van der Waals surface area contributed by atoms with Gasteiger partial charge < -0.3 is 9.64 Å². The number of nitrogens with zero attached hydrogens (tertiary/aromatic N) is 4. The Hall–Kier alpha value is -3.20. The topological polar surface area (TPSA) is 60.2 Å². The van der Waals surface area contributed by atoms with Crippen LogP contribution in [0, 0.1) is 0 Å². The zero-order valence-corrected chi connectivity index (χ0v) is 16.6. The van der Waals surface area contributed by atoms with Crippen LogP contribution in [0.2, 0.25) is 0 Å². The standard InChI is InChI=1S/C22H21F3N4O2/c23-22(24,25)18-7-2-1-5-16(18)13-17-6-3-8-19(27-17)20-14-28(11-12-31-20)21(30)15-29-10-4-9-26-29/h1-10,20H,11-15H2. The van der Waals surface area contributed by atoms with E-state index in [0.29, 0.717) is 31.1 Å². The van der Waals surface area contributed by atoms with E-state index in [1.165, 1.54) is 12.1 Å². The van der Waals surface area contributed by atoms with E-state index >= 15 is 0 Å². The van der Waals surface area contributed by atoms with Gasteiger partial charge in [0.15, 0.2) is 0 Å².